The molecule has 0 aromatic carbocycles. The van der Waals surface area contributed by atoms with Gasteiger partial charge in [0.1, 0.15) is 12.1 Å². The number of anilines is 1. The third-order valence-corrected chi connectivity index (χ3v) is 3.75. The van der Waals surface area contributed by atoms with Gasteiger partial charge in [-0.1, -0.05) is 15.9 Å². The van der Waals surface area contributed by atoms with Crippen LogP contribution in [0.4, 0.5) is 5.82 Å². The zero-order valence-electron chi connectivity index (χ0n) is 10.4. The summed E-state index contributed by atoms with van der Waals surface area (Å²) in [4.78, 5) is 20.3. The van der Waals surface area contributed by atoms with Gasteiger partial charge in [0.25, 0.3) is 0 Å². The van der Waals surface area contributed by atoms with Crippen molar-refractivity contribution in [2.75, 3.05) is 43.0 Å². The molecule has 0 atom stereocenters. The first-order valence-corrected chi connectivity index (χ1v) is 7.36. The van der Waals surface area contributed by atoms with E-state index < -0.39 is 0 Å². The van der Waals surface area contributed by atoms with Gasteiger partial charge in [-0.2, -0.15) is 5.10 Å². The summed E-state index contributed by atoms with van der Waals surface area (Å²) in [7, 11) is 0. The molecule has 1 aliphatic heterocycles. The highest BCUT2D eigenvalue weighted by atomic mass is 79.9. The van der Waals surface area contributed by atoms with Crippen molar-refractivity contribution in [1.29, 1.82) is 0 Å². The molecule has 1 fully saturated rings. The van der Waals surface area contributed by atoms with Crippen molar-refractivity contribution >= 4 is 27.4 Å². The lowest BCUT2D eigenvalue weighted by molar-refractivity contribution is 0.273. The normalized spacial score (nSPS) is 17.2. The molecule has 0 unspecified atom stereocenters. The van der Waals surface area contributed by atoms with Crippen molar-refractivity contribution in [2.45, 2.75) is 0 Å². The van der Waals surface area contributed by atoms with E-state index in [0.29, 0.717) is 5.65 Å². The topological polar surface area (TPSA) is 69.5 Å². The highest BCUT2D eigenvalue weighted by Crippen LogP contribution is 2.14. The van der Waals surface area contributed by atoms with E-state index in [1.807, 2.05) is 6.07 Å². The highest BCUT2D eigenvalue weighted by Gasteiger charge is 2.18. The minimum absolute atomic E-state index is 0.254. The van der Waals surface area contributed by atoms with E-state index in [0.717, 1.165) is 43.9 Å². The minimum atomic E-state index is -0.254. The first-order valence-electron chi connectivity index (χ1n) is 6.24. The number of fused-ring (bicyclic) bond motifs is 1. The Morgan fingerprint density at radius 1 is 1.32 bits per heavy atom. The van der Waals surface area contributed by atoms with Crippen LogP contribution in [0.5, 0.6) is 0 Å². The van der Waals surface area contributed by atoms with Crippen LogP contribution in [0.1, 0.15) is 0 Å². The van der Waals surface area contributed by atoms with Gasteiger partial charge in [0.05, 0.1) is 0 Å². The summed E-state index contributed by atoms with van der Waals surface area (Å²) in [5.74, 6) is 0.880. The van der Waals surface area contributed by atoms with E-state index in [9.17, 15) is 4.79 Å². The average Bonchev–Trinajstić information content (AvgIpc) is 2.81. The second-order valence-corrected chi connectivity index (χ2v) is 5.31. The second-order valence-electron chi connectivity index (χ2n) is 4.52. The van der Waals surface area contributed by atoms with Crippen LogP contribution in [0.25, 0.3) is 5.65 Å². The fourth-order valence-electron chi connectivity index (χ4n) is 2.29. The summed E-state index contributed by atoms with van der Waals surface area (Å²) < 4.78 is 1.41. The van der Waals surface area contributed by atoms with E-state index in [1.165, 1.54) is 10.7 Å². The molecule has 8 heteroatoms. The molecular weight excluding hydrogens is 312 g/mol. The molecule has 3 heterocycles. The van der Waals surface area contributed by atoms with Crippen LogP contribution >= 0.6 is 15.9 Å². The molecule has 0 spiro atoms. The van der Waals surface area contributed by atoms with Crippen molar-refractivity contribution in [3.8, 4) is 0 Å². The van der Waals surface area contributed by atoms with Crippen molar-refractivity contribution in [3.05, 3.63) is 22.9 Å². The number of hydrogen-bond donors (Lipinski definition) is 1. The lowest BCUT2D eigenvalue weighted by Gasteiger charge is -2.34. The van der Waals surface area contributed by atoms with Gasteiger partial charge >= 0.3 is 5.69 Å². The number of hydrogen-bond acceptors (Lipinski definition) is 5. The molecule has 0 saturated carbocycles. The number of aromatic amines is 1. The monoisotopic (exact) mass is 326 g/mol. The Morgan fingerprint density at radius 3 is 2.84 bits per heavy atom. The number of halogens is 1. The van der Waals surface area contributed by atoms with Gasteiger partial charge in [0.2, 0.25) is 0 Å². The lowest BCUT2D eigenvalue weighted by atomic mass is 10.3. The summed E-state index contributed by atoms with van der Waals surface area (Å²) in [6, 6.07) is 1.85. The molecule has 7 nitrogen and oxygen atoms in total. The minimum Gasteiger partial charge on any atom is -0.354 e. The largest absolute Gasteiger partial charge is 0.354 e. The number of piperazine rings is 1. The number of rotatable bonds is 3. The summed E-state index contributed by atoms with van der Waals surface area (Å²) in [6.07, 6.45) is 1.53. The van der Waals surface area contributed by atoms with E-state index in [1.54, 1.807) is 0 Å². The molecule has 2 aromatic rings. The van der Waals surface area contributed by atoms with Crippen LogP contribution in [0.2, 0.25) is 0 Å². The molecule has 2 aromatic heterocycles. The molecule has 1 N–H and O–H groups in total. The van der Waals surface area contributed by atoms with Crippen molar-refractivity contribution in [3.63, 3.8) is 0 Å². The molecule has 19 heavy (non-hydrogen) atoms. The quantitative estimate of drug-likeness (QED) is 0.800. The van der Waals surface area contributed by atoms with Gasteiger partial charge in [-0.15, -0.1) is 0 Å². The summed E-state index contributed by atoms with van der Waals surface area (Å²) in [6.45, 7) is 5.04. The molecule has 0 bridgehead atoms. The third kappa shape index (κ3) is 2.50. The first kappa shape index (κ1) is 12.6. The van der Waals surface area contributed by atoms with Crippen LogP contribution < -0.4 is 10.6 Å². The fraction of sp³-hybridized carbons (Fsp3) is 0.545. The summed E-state index contributed by atoms with van der Waals surface area (Å²) in [5.41, 5.74) is 0.356. The van der Waals surface area contributed by atoms with Crippen molar-refractivity contribution < 1.29 is 0 Å². The van der Waals surface area contributed by atoms with E-state index in [2.05, 4.69) is 40.9 Å². The summed E-state index contributed by atoms with van der Waals surface area (Å²) >= 11 is 3.46. The predicted octanol–water partition coefficient (Wildman–Crippen LogP) is -0.0655. The standard InChI is InChI=1S/C11H15BrN6O/c12-1-2-16-3-5-17(6-4-16)9-7-10-14-15-11(19)18(10)8-13-9/h7-8H,1-6H2,(H,15,19). The van der Waals surface area contributed by atoms with Gasteiger partial charge in [-0.05, 0) is 0 Å². The zero-order valence-corrected chi connectivity index (χ0v) is 12.0. The maximum Gasteiger partial charge on any atom is 0.348 e. The number of nitrogens with zero attached hydrogens (tertiary/aromatic N) is 5. The zero-order chi connectivity index (χ0) is 13.2. The second kappa shape index (κ2) is 5.30. The Morgan fingerprint density at radius 2 is 2.11 bits per heavy atom. The number of alkyl halides is 1. The number of nitrogens with one attached hydrogen (secondary N) is 1. The third-order valence-electron chi connectivity index (χ3n) is 3.39. The molecule has 1 aliphatic rings. The highest BCUT2D eigenvalue weighted by molar-refractivity contribution is 9.09. The molecule has 0 amide bonds. The number of H-pyrrole nitrogens is 1. The smallest absolute Gasteiger partial charge is 0.348 e. The van der Waals surface area contributed by atoms with Gasteiger partial charge in [-0.3, -0.25) is 4.90 Å². The first-order chi connectivity index (χ1) is 9.28. The lowest BCUT2D eigenvalue weighted by Crippen LogP contribution is -2.47. The Hall–Kier alpha value is -1.41. The maximum atomic E-state index is 11.4. The van der Waals surface area contributed by atoms with Gasteiger partial charge in [0.15, 0.2) is 5.65 Å². The maximum absolute atomic E-state index is 11.4. The van der Waals surface area contributed by atoms with Crippen LogP contribution in [-0.2, 0) is 0 Å². The Kier molecular flexibility index (Phi) is 3.52. The van der Waals surface area contributed by atoms with Gasteiger partial charge in [0, 0.05) is 44.1 Å². The molecule has 0 aliphatic carbocycles. The Bertz CT molecular complexity index is 615. The average molecular weight is 327 g/mol. The molecule has 0 radical (unpaired) electrons. The van der Waals surface area contributed by atoms with Crippen LogP contribution in [-0.4, -0.2) is 62.5 Å². The Balaban J connectivity index is 1.76. The van der Waals surface area contributed by atoms with Gasteiger partial charge in [-0.25, -0.2) is 19.3 Å². The fourth-order valence-corrected chi connectivity index (χ4v) is 2.79. The summed E-state index contributed by atoms with van der Waals surface area (Å²) in [5, 5.41) is 7.38. The van der Waals surface area contributed by atoms with Crippen molar-refractivity contribution in [2.24, 2.45) is 0 Å². The molecule has 102 valence electrons. The van der Waals surface area contributed by atoms with Crippen LogP contribution in [0.15, 0.2) is 17.2 Å². The molecular formula is C11H15BrN6O. The van der Waals surface area contributed by atoms with Crippen LogP contribution in [0.3, 0.4) is 0 Å². The SMILES string of the molecule is O=c1[nH]nc2cc(N3CCN(CCBr)CC3)ncn12. The van der Waals surface area contributed by atoms with E-state index in [-0.39, 0.29) is 5.69 Å². The van der Waals surface area contributed by atoms with E-state index in [4.69, 9.17) is 0 Å². The van der Waals surface area contributed by atoms with Crippen molar-refractivity contribution in [1.82, 2.24) is 24.5 Å². The Labute approximate surface area is 118 Å². The number of aromatic nitrogens is 4. The van der Waals surface area contributed by atoms with Gasteiger partial charge < -0.3 is 4.90 Å². The predicted molar refractivity (Wildman–Crippen MR) is 76.1 cm³/mol. The molecule has 1 saturated heterocycles. The van der Waals surface area contributed by atoms with E-state index >= 15 is 0 Å². The molecule has 3 rings (SSSR count). The van der Waals surface area contributed by atoms with Crippen LogP contribution in [0, 0.1) is 0 Å².